The molecule has 0 fully saturated rings. The topological polar surface area (TPSA) is 20.2 Å². The van der Waals surface area contributed by atoms with Crippen molar-refractivity contribution in [3.8, 4) is 0 Å². The third kappa shape index (κ3) is 2.87. The smallest absolute Gasteiger partial charge is 0.130 e. The molecule has 1 nitrogen and oxygen atoms in total. The van der Waals surface area contributed by atoms with Crippen molar-refractivity contribution < 1.29 is 9.50 Å². The summed E-state index contributed by atoms with van der Waals surface area (Å²) in [6, 6.07) is 14.6. The van der Waals surface area contributed by atoms with Crippen molar-refractivity contribution in [2.75, 3.05) is 0 Å². The summed E-state index contributed by atoms with van der Waals surface area (Å²) >= 11 is 1.46. The van der Waals surface area contributed by atoms with Gasteiger partial charge in [0.05, 0.1) is 6.10 Å². The third-order valence-corrected chi connectivity index (χ3v) is 3.49. The van der Waals surface area contributed by atoms with Gasteiger partial charge in [-0.1, -0.05) is 36.0 Å². The van der Waals surface area contributed by atoms with Crippen LogP contribution < -0.4 is 0 Å². The summed E-state index contributed by atoms with van der Waals surface area (Å²) in [6.45, 7) is 1.58. The predicted octanol–water partition coefficient (Wildman–Crippen LogP) is 4.03. The largest absolute Gasteiger partial charge is 0.389 e. The molecule has 0 aliphatic rings. The van der Waals surface area contributed by atoms with Crippen LogP contribution >= 0.6 is 11.8 Å². The standard InChI is InChI=1S/C14H13FOS/c1-10(16)14-12(15)8-5-9-13(14)17-11-6-3-2-4-7-11/h2-10,16H,1H3. The molecule has 1 atom stereocenters. The summed E-state index contributed by atoms with van der Waals surface area (Å²) in [6.07, 6.45) is -0.803. The van der Waals surface area contributed by atoms with Crippen molar-refractivity contribution in [2.24, 2.45) is 0 Å². The second-order valence-corrected chi connectivity index (χ2v) is 4.86. The highest BCUT2D eigenvalue weighted by Gasteiger charge is 2.13. The summed E-state index contributed by atoms with van der Waals surface area (Å²) in [5.41, 5.74) is 0.362. The summed E-state index contributed by atoms with van der Waals surface area (Å²) < 4.78 is 13.6. The first kappa shape index (κ1) is 12.1. The minimum absolute atomic E-state index is 0.360. The zero-order chi connectivity index (χ0) is 12.3. The van der Waals surface area contributed by atoms with Gasteiger partial charge in [0.15, 0.2) is 0 Å². The van der Waals surface area contributed by atoms with Gasteiger partial charge in [-0.25, -0.2) is 4.39 Å². The first-order valence-corrected chi connectivity index (χ1v) is 6.19. The molecular weight excluding hydrogens is 235 g/mol. The maximum absolute atomic E-state index is 13.6. The van der Waals surface area contributed by atoms with E-state index in [4.69, 9.17) is 0 Å². The van der Waals surface area contributed by atoms with Crippen LogP contribution in [0.5, 0.6) is 0 Å². The number of aliphatic hydroxyl groups is 1. The van der Waals surface area contributed by atoms with Gasteiger partial charge in [-0.3, -0.25) is 0 Å². The first-order chi connectivity index (χ1) is 8.18. The Hall–Kier alpha value is -1.32. The van der Waals surface area contributed by atoms with Gasteiger partial charge in [0.2, 0.25) is 0 Å². The van der Waals surface area contributed by atoms with E-state index in [1.54, 1.807) is 13.0 Å². The Labute approximate surface area is 104 Å². The highest BCUT2D eigenvalue weighted by molar-refractivity contribution is 7.99. The van der Waals surface area contributed by atoms with E-state index >= 15 is 0 Å². The molecule has 1 unspecified atom stereocenters. The molecule has 0 heterocycles. The average molecular weight is 248 g/mol. The molecule has 0 aliphatic carbocycles. The van der Waals surface area contributed by atoms with E-state index in [2.05, 4.69) is 0 Å². The van der Waals surface area contributed by atoms with Crippen molar-refractivity contribution in [3.63, 3.8) is 0 Å². The molecule has 2 aromatic carbocycles. The summed E-state index contributed by atoms with van der Waals surface area (Å²) in [5, 5.41) is 9.61. The normalized spacial score (nSPS) is 12.4. The van der Waals surface area contributed by atoms with Crippen molar-refractivity contribution in [1.82, 2.24) is 0 Å². The summed E-state index contributed by atoms with van der Waals surface area (Å²) in [5.74, 6) is -0.360. The quantitative estimate of drug-likeness (QED) is 0.885. The first-order valence-electron chi connectivity index (χ1n) is 5.38. The van der Waals surface area contributed by atoms with Crippen LogP contribution in [0, 0.1) is 5.82 Å². The van der Waals surface area contributed by atoms with E-state index in [0.29, 0.717) is 5.56 Å². The minimum atomic E-state index is -0.803. The second kappa shape index (κ2) is 5.34. The Morgan fingerprint density at radius 1 is 1.06 bits per heavy atom. The van der Waals surface area contributed by atoms with Crippen molar-refractivity contribution in [1.29, 1.82) is 0 Å². The van der Waals surface area contributed by atoms with Gasteiger partial charge in [0, 0.05) is 15.4 Å². The fourth-order valence-corrected chi connectivity index (χ4v) is 2.70. The lowest BCUT2D eigenvalue weighted by atomic mass is 10.1. The molecule has 0 aliphatic heterocycles. The molecule has 88 valence electrons. The molecule has 0 radical (unpaired) electrons. The van der Waals surface area contributed by atoms with Crippen molar-refractivity contribution in [2.45, 2.75) is 22.8 Å². The van der Waals surface area contributed by atoms with E-state index in [-0.39, 0.29) is 5.82 Å². The average Bonchev–Trinajstić information content (AvgIpc) is 2.30. The monoisotopic (exact) mass is 248 g/mol. The number of hydrogen-bond acceptors (Lipinski definition) is 2. The Balaban J connectivity index is 2.36. The van der Waals surface area contributed by atoms with Gasteiger partial charge in [0.25, 0.3) is 0 Å². The molecule has 3 heteroatoms. The Morgan fingerprint density at radius 2 is 1.76 bits per heavy atom. The highest BCUT2D eigenvalue weighted by atomic mass is 32.2. The maximum atomic E-state index is 13.6. The van der Waals surface area contributed by atoms with Gasteiger partial charge in [-0.15, -0.1) is 0 Å². The molecule has 1 N–H and O–H groups in total. The molecule has 2 rings (SSSR count). The number of aliphatic hydroxyl groups excluding tert-OH is 1. The number of hydrogen-bond donors (Lipinski definition) is 1. The zero-order valence-electron chi connectivity index (χ0n) is 9.43. The van der Waals surface area contributed by atoms with E-state index < -0.39 is 6.10 Å². The van der Waals surface area contributed by atoms with E-state index in [1.807, 2.05) is 36.4 Å². The maximum Gasteiger partial charge on any atom is 0.130 e. The fraction of sp³-hybridized carbons (Fsp3) is 0.143. The van der Waals surface area contributed by atoms with Crippen LogP contribution in [-0.2, 0) is 0 Å². The van der Waals surface area contributed by atoms with Crippen molar-refractivity contribution in [3.05, 3.63) is 59.9 Å². The zero-order valence-corrected chi connectivity index (χ0v) is 10.2. The molecule has 0 spiro atoms. The van der Waals surface area contributed by atoms with Gasteiger partial charge in [-0.2, -0.15) is 0 Å². The highest BCUT2D eigenvalue weighted by Crippen LogP contribution is 2.34. The van der Waals surface area contributed by atoms with Gasteiger partial charge >= 0.3 is 0 Å². The lowest BCUT2D eigenvalue weighted by molar-refractivity contribution is 0.191. The molecule has 0 saturated carbocycles. The van der Waals surface area contributed by atoms with Crippen LogP contribution in [0.15, 0.2) is 58.3 Å². The molecule has 0 bridgehead atoms. The molecular formula is C14H13FOS. The molecule has 0 amide bonds. The van der Waals surface area contributed by atoms with Crippen LogP contribution in [0.1, 0.15) is 18.6 Å². The molecule has 17 heavy (non-hydrogen) atoms. The fourth-order valence-electron chi connectivity index (χ4n) is 1.63. The van der Waals surface area contributed by atoms with Crippen molar-refractivity contribution >= 4 is 11.8 Å². The Morgan fingerprint density at radius 3 is 2.41 bits per heavy atom. The third-order valence-electron chi connectivity index (χ3n) is 2.40. The van der Waals surface area contributed by atoms with Gasteiger partial charge in [0.1, 0.15) is 5.82 Å². The van der Waals surface area contributed by atoms with Crippen LogP contribution in [0.25, 0.3) is 0 Å². The summed E-state index contributed by atoms with van der Waals surface area (Å²) in [4.78, 5) is 1.78. The van der Waals surface area contributed by atoms with Crippen LogP contribution in [0.3, 0.4) is 0 Å². The Kier molecular flexibility index (Phi) is 3.82. The Bertz CT molecular complexity index is 497. The van der Waals surface area contributed by atoms with Gasteiger partial charge in [-0.05, 0) is 31.2 Å². The number of rotatable bonds is 3. The van der Waals surface area contributed by atoms with E-state index in [1.165, 1.54) is 17.8 Å². The molecule has 0 saturated heterocycles. The SMILES string of the molecule is CC(O)c1c(F)cccc1Sc1ccccc1. The predicted molar refractivity (Wildman–Crippen MR) is 67.6 cm³/mol. The minimum Gasteiger partial charge on any atom is -0.389 e. The lowest BCUT2D eigenvalue weighted by Gasteiger charge is -2.12. The van der Waals surface area contributed by atoms with E-state index in [9.17, 15) is 9.50 Å². The summed E-state index contributed by atoms with van der Waals surface area (Å²) in [7, 11) is 0. The number of halogens is 1. The second-order valence-electron chi connectivity index (χ2n) is 3.74. The number of benzene rings is 2. The molecule has 0 aromatic heterocycles. The van der Waals surface area contributed by atoms with Crippen LogP contribution in [0.4, 0.5) is 4.39 Å². The van der Waals surface area contributed by atoms with Crippen LogP contribution in [-0.4, -0.2) is 5.11 Å². The van der Waals surface area contributed by atoms with E-state index in [0.717, 1.165) is 9.79 Å². The molecule has 2 aromatic rings. The van der Waals surface area contributed by atoms with Crippen LogP contribution in [0.2, 0.25) is 0 Å². The lowest BCUT2D eigenvalue weighted by Crippen LogP contribution is -1.98. The van der Waals surface area contributed by atoms with Gasteiger partial charge < -0.3 is 5.11 Å².